The molecule has 0 saturated heterocycles. The van der Waals surface area contributed by atoms with Crippen molar-refractivity contribution < 1.29 is 17.5 Å². The first-order chi connectivity index (χ1) is 9.84. The molecule has 2 heterocycles. The molecule has 0 fully saturated rings. The van der Waals surface area contributed by atoms with E-state index in [-0.39, 0.29) is 4.90 Å². The van der Waals surface area contributed by atoms with E-state index in [2.05, 4.69) is 10.3 Å². The summed E-state index contributed by atoms with van der Waals surface area (Å²) in [6.07, 6.45) is 1.72. The third-order valence-corrected chi connectivity index (χ3v) is 4.17. The zero-order valence-corrected chi connectivity index (χ0v) is 12.3. The first kappa shape index (κ1) is 13.8. The summed E-state index contributed by atoms with van der Waals surface area (Å²) in [5.41, 5.74) is 2.39. The summed E-state index contributed by atoms with van der Waals surface area (Å²) in [6, 6.07) is 4.27. The minimum absolute atomic E-state index is 0.146. The molecule has 3 aromatic rings. The largest absolute Gasteiger partial charge is 0.361 e. The van der Waals surface area contributed by atoms with Gasteiger partial charge in [0, 0.05) is 17.1 Å². The van der Waals surface area contributed by atoms with Crippen molar-refractivity contribution in [1.82, 2.24) is 14.9 Å². The van der Waals surface area contributed by atoms with E-state index in [1.165, 1.54) is 12.1 Å². The fourth-order valence-electron chi connectivity index (χ4n) is 2.19. The topological polar surface area (TPSA) is 98.2 Å². The molecule has 21 heavy (non-hydrogen) atoms. The average molecular weight is 307 g/mol. The SMILES string of the molecule is Cc1noc(C)c1Cn1cc2cc(S(=O)(=O)O)ccc2n1. The van der Waals surface area contributed by atoms with Gasteiger partial charge in [-0.15, -0.1) is 0 Å². The molecule has 2 aromatic heterocycles. The van der Waals surface area contributed by atoms with Gasteiger partial charge in [-0.1, -0.05) is 5.16 Å². The van der Waals surface area contributed by atoms with Gasteiger partial charge in [-0.25, -0.2) is 0 Å². The van der Waals surface area contributed by atoms with Gasteiger partial charge in [0.05, 0.1) is 22.7 Å². The van der Waals surface area contributed by atoms with Crippen LogP contribution < -0.4 is 0 Å². The number of nitrogens with zero attached hydrogens (tertiary/aromatic N) is 3. The van der Waals surface area contributed by atoms with Crippen LogP contribution in [-0.2, 0) is 16.7 Å². The lowest BCUT2D eigenvalue weighted by molar-refractivity contribution is 0.391. The quantitative estimate of drug-likeness (QED) is 0.742. The van der Waals surface area contributed by atoms with Gasteiger partial charge < -0.3 is 4.52 Å². The highest BCUT2D eigenvalue weighted by atomic mass is 32.2. The van der Waals surface area contributed by atoms with Crippen LogP contribution in [0.2, 0.25) is 0 Å². The van der Waals surface area contributed by atoms with Crippen LogP contribution in [0.4, 0.5) is 0 Å². The van der Waals surface area contributed by atoms with Crippen LogP contribution in [0.25, 0.3) is 10.9 Å². The van der Waals surface area contributed by atoms with Crippen molar-refractivity contribution >= 4 is 21.0 Å². The van der Waals surface area contributed by atoms with Crippen molar-refractivity contribution in [2.45, 2.75) is 25.3 Å². The molecule has 1 aromatic carbocycles. The van der Waals surface area contributed by atoms with Crippen molar-refractivity contribution in [3.63, 3.8) is 0 Å². The summed E-state index contributed by atoms with van der Waals surface area (Å²) in [5, 5.41) is 8.88. The van der Waals surface area contributed by atoms with Crippen LogP contribution in [0.1, 0.15) is 17.0 Å². The standard InChI is InChI=1S/C13H13N3O4S/c1-8-12(9(2)20-15-8)7-16-6-10-5-11(21(17,18)19)3-4-13(10)14-16/h3-6H,7H2,1-2H3,(H,17,18,19). The van der Waals surface area contributed by atoms with Gasteiger partial charge >= 0.3 is 0 Å². The summed E-state index contributed by atoms with van der Waals surface area (Å²) in [5.74, 6) is 0.727. The second-order valence-corrected chi connectivity index (χ2v) is 6.25. The lowest BCUT2D eigenvalue weighted by atomic mass is 10.2. The van der Waals surface area contributed by atoms with Crippen LogP contribution in [-0.4, -0.2) is 27.9 Å². The van der Waals surface area contributed by atoms with Crippen molar-refractivity contribution in [3.8, 4) is 0 Å². The smallest absolute Gasteiger partial charge is 0.294 e. The van der Waals surface area contributed by atoms with E-state index < -0.39 is 10.1 Å². The Morgan fingerprint density at radius 1 is 1.33 bits per heavy atom. The Morgan fingerprint density at radius 3 is 2.71 bits per heavy atom. The van der Waals surface area contributed by atoms with Gasteiger partial charge in [0.1, 0.15) is 5.76 Å². The van der Waals surface area contributed by atoms with Crippen LogP contribution >= 0.6 is 0 Å². The van der Waals surface area contributed by atoms with Gasteiger partial charge in [-0.05, 0) is 32.0 Å². The Morgan fingerprint density at radius 2 is 2.10 bits per heavy atom. The number of rotatable bonds is 3. The number of hydrogen-bond acceptors (Lipinski definition) is 5. The van der Waals surface area contributed by atoms with E-state index >= 15 is 0 Å². The Kier molecular flexibility index (Phi) is 3.07. The van der Waals surface area contributed by atoms with E-state index in [1.807, 2.05) is 13.8 Å². The van der Waals surface area contributed by atoms with Gasteiger partial charge in [0.2, 0.25) is 0 Å². The molecule has 0 bridgehead atoms. The molecule has 0 unspecified atom stereocenters. The Bertz CT molecular complexity index is 905. The average Bonchev–Trinajstić information content (AvgIpc) is 2.94. The van der Waals surface area contributed by atoms with Crippen LogP contribution in [0.5, 0.6) is 0 Å². The molecule has 3 rings (SSSR count). The molecule has 110 valence electrons. The van der Waals surface area contributed by atoms with E-state index in [9.17, 15) is 8.42 Å². The van der Waals surface area contributed by atoms with Crippen LogP contribution in [0, 0.1) is 13.8 Å². The predicted molar refractivity (Wildman–Crippen MR) is 74.6 cm³/mol. The van der Waals surface area contributed by atoms with E-state index in [0.29, 0.717) is 17.4 Å². The number of hydrogen-bond donors (Lipinski definition) is 1. The van der Waals surface area contributed by atoms with E-state index in [4.69, 9.17) is 9.08 Å². The molecular weight excluding hydrogens is 294 g/mol. The summed E-state index contributed by atoms with van der Waals surface area (Å²) in [4.78, 5) is -0.146. The van der Waals surface area contributed by atoms with Crippen LogP contribution in [0.15, 0.2) is 33.8 Å². The maximum atomic E-state index is 11.1. The molecule has 0 atom stereocenters. The highest BCUT2D eigenvalue weighted by molar-refractivity contribution is 7.85. The molecule has 8 heteroatoms. The zero-order valence-electron chi connectivity index (χ0n) is 11.4. The maximum Gasteiger partial charge on any atom is 0.294 e. The summed E-state index contributed by atoms with van der Waals surface area (Å²) >= 11 is 0. The predicted octanol–water partition coefficient (Wildman–Crippen LogP) is 1.94. The minimum Gasteiger partial charge on any atom is -0.361 e. The lowest BCUT2D eigenvalue weighted by Gasteiger charge is -1.99. The molecule has 0 amide bonds. The summed E-state index contributed by atoms with van der Waals surface area (Å²) in [6.45, 7) is 4.16. The van der Waals surface area contributed by atoms with Gasteiger partial charge in [-0.2, -0.15) is 13.5 Å². The molecule has 7 nitrogen and oxygen atoms in total. The maximum absolute atomic E-state index is 11.1. The second-order valence-electron chi connectivity index (χ2n) is 4.83. The lowest BCUT2D eigenvalue weighted by Crippen LogP contribution is -2.01. The van der Waals surface area contributed by atoms with Crippen molar-refractivity contribution in [2.75, 3.05) is 0 Å². The molecule has 0 aliphatic rings. The first-order valence-corrected chi connectivity index (χ1v) is 7.65. The van der Waals surface area contributed by atoms with Crippen molar-refractivity contribution in [3.05, 3.63) is 41.4 Å². The number of benzene rings is 1. The van der Waals surface area contributed by atoms with Crippen LogP contribution in [0.3, 0.4) is 0 Å². The number of aromatic nitrogens is 3. The summed E-state index contributed by atoms with van der Waals surface area (Å²) in [7, 11) is -4.21. The van der Waals surface area contributed by atoms with E-state index in [0.717, 1.165) is 17.0 Å². The molecule has 0 aliphatic carbocycles. The zero-order chi connectivity index (χ0) is 15.2. The van der Waals surface area contributed by atoms with Crippen molar-refractivity contribution in [2.24, 2.45) is 0 Å². The van der Waals surface area contributed by atoms with Crippen molar-refractivity contribution in [1.29, 1.82) is 0 Å². The second kappa shape index (κ2) is 4.68. The fraction of sp³-hybridized carbons (Fsp3) is 0.231. The number of fused-ring (bicyclic) bond motifs is 1. The highest BCUT2D eigenvalue weighted by Crippen LogP contribution is 2.20. The van der Waals surface area contributed by atoms with Gasteiger partial charge in [0.15, 0.2) is 0 Å². The number of aryl methyl sites for hydroxylation is 2. The van der Waals surface area contributed by atoms with Gasteiger partial charge in [0.25, 0.3) is 10.1 Å². The first-order valence-electron chi connectivity index (χ1n) is 6.21. The van der Waals surface area contributed by atoms with E-state index in [1.54, 1.807) is 16.9 Å². The monoisotopic (exact) mass is 307 g/mol. The molecule has 0 spiro atoms. The highest BCUT2D eigenvalue weighted by Gasteiger charge is 2.13. The fourth-order valence-corrected chi connectivity index (χ4v) is 2.70. The van der Waals surface area contributed by atoms with Gasteiger partial charge in [-0.3, -0.25) is 9.23 Å². The third-order valence-electron chi connectivity index (χ3n) is 3.32. The third kappa shape index (κ3) is 2.55. The Hall–Kier alpha value is -2.19. The Balaban J connectivity index is 2.02. The minimum atomic E-state index is -4.21. The summed E-state index contributed by atoms with van der Waals surface area (Å²) < 4.78 is 38.1. The molecule has 0 saturated carbocycles. The molecule has 1 N–H and O–H groups in total. The molecule has 0 radical (unpaired) electrons. The Labute approximate surface area is 120 Å². The normalized spacial score (nSPS) is 12.1. The molecule has 0 aliphatic heterocycles. The molecular formula is C13H13N3O4S.